The molecular weight excluding hydrogens is 544 g/mol. The summed E-state index contributed by atoms with van der Waals surface area (Å²) in [4.78, 5) is 16.1. The normalized spacial score (nSPS) is 20.2. The van der Waals surface area contributed by atoms with Gasteiger partial charge in [-0.3, -0.25) is 9.82 Å². The van der Waals surface area contributed by atoms with Gasteiger partial charge in [-0.1, -0.05) is 0 Å². The SMILES string of the molecule is N[C@@H]1C[C@H](N)CN(c2nc(Nc3ccc(S(=O)(=O)Nc4ccc5cn[nH]c5c4)cc3)nc(NC3CCNCC3)n2)C1. The van der Waals surface area contributed by atoms with E-state index in [1.807, 2.05) is 4.90 Å². The lowest BCUT2D eigenvalue weighted by atomic mass is 10.0. The van der Waals surface area contributed by atoms with Gasteiger partial charge in [-0.15, -0.1) is 0 Å². The quantitative estimate of drug-likeness (QED) is 0.158. The van der Waals surface area contributed by atoms with Gasteiger partial charge in [0, 0.05) is 42.3 Å². The Kier molecular flexibility index (Phi) is 7.57. The highest BCUT2D eigenvalue weighted by molar-refractivity contribution is 7.92. The van der Waals surface area contributed by atoms with E-state index in [1.54, 1.807) is 36.5 Å². The molecule has 2 saturated heterocycles. The molecule has 0 aliphatic carbocycles. The van der Waals surface area contributed by atoms with E-state index in [2.05, 4.69) is 40.8 Å². The highest BCUT2D eigenvalue weighted by atomic mass is 32.2. The van der Waals surface area contributed by atoms with Crippen LogP contribution in [0.25, 0.3) is 10.9 Å². The first-order valence-electron chi connectivity index (χ1n) is 13.6. The van der Waals surface area contributed by atoms with Gasteiger partial charge in [0.15, 0.2) is 0 Å². The Morgan fingerprint density at radius 2 is 1.61 bits per heavy atom. The fourth-order valence-electron chi connectivity index (χ4n) is 5.18. The summed E-state index contributed by atoms with van der Waals surface area (Å²) in [5, 5.41) is 17.7. The number of sulfonamides is 1. The van der Waals surface area contributed by atoms with Crippen molar-refractivity contribution in [2.45, 2.75) is 42.3 Å². The first-order valence-corrected chi connectivity index (χ1v) is 15.1. The Morgan fingerprint density at radius 3 is 2.37 bits per heavy atom. The average molecular weight is 579 g/mol. The molecule has 0 spiro atoms. The van der Waals surface area contributed by atoms with Crippen molar-refractivity contribution < 1.29 is 8.42 Å². The second-order valence-electron chi connectivity index (χ2n) is 10.5. The number of rotatable bonds is 8. The lowest BCUT2D eigenvalue weighted by molar-refractivity contribution is 0.446. The third kappa shape index (κ3) is 6.48. The maximum atomic E-state index is 13.0. The molecule has 2 aliphatic heterocycles. The molecule has 6 rings (SSSR count). The number of hydrogen-bond acceptors (Lipinski definition) is 12. The minimum Gasteiger partial charge on any atom is -0.351 e. The molecule has 216 valence electrons. The van der Waals surface area contributed by atoms with E-state index in [1.165, 1.54) is 12.1 Å². The first kappa shape index (κ1) is 27.1. The average Bonchev–Trinajstić information content (AvgIpc) is 3.41. The Balaban J connectivity index is 1.21. The second kappa shape index (κ2) is 11.4. The zero-order valence-electron chi connectivity index (χ0n) is 22.4. The molecule has 2 aliphatic rings. The fraction of sp³-hybridized carbons (Fsp3) is 0.385. The maximum absolute atomic E-state index is 13.0. The molecule has 2 aromatic carbocycles. The number of piperidine rings is 2. The van der Waals surface area contributed by atoms with Gasteiger partial charge in [0.1, 0.15) is 0 Å². The molecule has 0 radical (unpaired) electrons. The lowest BCUT2D eigenvalue weighted by Crippen LogP contribution is -2.53. The van der Waals surface area contributed by atoms with Crippen molar-refractivity contribution in [2.24, 2.45) is 11.5 Å². The topological polar surface area (TPSA) is 205 Å². The van der Waals surface area contributed by atoms with Crippen molar-refractivity contribution in [3.05, 3.63) is 48.7 Å². The Labute approximate surface area is 237 Å². The number of fused-ring (bicyclic) bond motifs is 1. The van der Waals surface area contributed by atoms with Crippen molar-refractivity contribution >= 4 is 50.1 Å². The van der Waals surface area contributed by atoms with Crippen LogP contribution < -0.4 is 37.0 Å². The Hall–Kier alpha value is -4.05. The molecular formula is C26H34N12O2S. The van der Waals surface area contributed by atoms with Gasteiger partial charge < -0.3 is 32.3 Å². The minimum absolute atomic E-state index is 0.0720. The molecule has 2 fully saturated rings. The molecule has 4 aromatic rings. The third-order valence-electron chi connectivity index (χ3n) is 7.21. The van der Waals surface area contributed by atoms with Crippen LogP contribution in [0.2, 0.25) is 0 Å². The van der Waals surface area contributed by atoms with Crippen LogP contribution in [0, 0.1) is 0 Å². The Morgan fingerprint density at radius 1 is 0.902 bits per heavy atom. The van der Waals surface area contributed by atoms with Gasteiger partial charge in [-0.05, 0) is 74.8 Å². The molecule has 14 nitrogen and oxygen atoms in total. The number of nitrogens with zero attached hydrogens (tertiary/aromatic N) is 5. The summed E-state index contributed by atoms with van der Waals surface area (Å²) < 4.78 is 28.7. The highest BCUT2D eigenvalue weighted by Crippen LogP contribution is 2.24. The molecule has 4 heterocycles. The molecule has 0 saturated carbocycles. The molecule has 9 N–H and O–H groups in total. The zero-order valence-corrected chi connectivity index (χ0v) is 23.2. The molecule has 15 heteroatoms. The van der Waals surface area contributed by atoms with E-state index in [4.69, 9.17) is 16.5 Å². The van der Waals surface area contributed by atoms with Gasteiger partial charge in [0.25, 0.3) is 10.0 Å². The fourth-order valence-corrected chi connectivity index (χ4v) is 6.23. The van der Waals surface area contributed by atoms with E-state index in [0.29, 0.717) is 42.3 Å². The van der Waals surface area contributed by atoms with Crippen molar-refractivity contribution in [2.75, 3.05) is 46.4 Å². The van der Waals surface area contributed by atoms with Crippen LogP contribution in [-0.4, -0.2) is 77.9 Å². The molecule has 0 amide bonds. The first-order chi connectivity index (χ1) is 19.8. The van der Waals surface area contributed by atoms with Crippen LogP contribution in [0.1, 0.15) is 19.3 Å². The van der Waals surface area contributed by atoms with E-state index < -0.39 is 10.0 Å². The van der Waals surface area contributed by atoms with Crippen LogP contribution in [0.4, 0.5) is 29.2 Å². The van der Waals surface area contributed by atoms with E-state index >= 15 is 0 Å². The molecule has 41 heavy (non-hydrogen) atoms. The lowest BCUT2D eigenvalue weighted by Gasteiger charge is -2.34. The highest BCUT2D eigenvalue weighted by Gasteiger charge is 2.26. The summed E-state index contributed by atoms with van der Waals surface area (Å²) in [7, 11) is -3.81. The molecule has 2 aromatic heterocycles. The van der Waals surface area contributed by atoms with Gasteiger partial charge in [0.2, 0.25) is 17.8 Å². The van der Waals surface area contributed by atoms with E-state index in [0.717, 1.165) is 43.3 Å². The van der Waals surface area contributed by atoms with Crippen molar-refractivity contribution in [3.8, 4) is 0 Å². The van der Waals surface area contributed by atoms with Gasteiger partial charge in [-0.25, -0.2) is 8.42 Å². The molecule has 0 unspecified atom stereocenters. The molecule has 0 bridgehead atoms. The summed E-state index contributed by atoms with van der Waals surface area (Å²) >= 11 is 0. The number of aromatic amines is 1. The van der Waals surface area contributed by atoms with Crippen LogP contribution in [0.15, 0.2) is 53.6 Å². The van der Waals surface area contributed by atoms with Crippen LogP contribution in [0.5, 0.6) is 0 Å². The molecule has 2 atom stereocenters. The van der Waals surface area contributed by atoms with Crippen molar-refractivity contribution in [1.82, 2.24) is 30.5 Å². The van der Waals surface area contributed by atoms with Crippen LogP contribution in [-0.2, 0) is 10.0 Å². The third-order valence-corrected chi connectivity index (χ3v) is 8.61. The maximum Gasteiger partial charge on any atom is 0.261 e. The van der Waals surface area contributed by atoms with Crippen molar-refractivity contribution in [3.63, 3.8) is 0 Å². The zero-order chi connectivity index (χ0) is 28.4. The minimum atomic E-state index is -3.81. The largest absolute Gasteiger partial charge is 0.351 e. The predicted molar refractivity (Wildman–Crippen MR) is 159 cm³/mol. The summed E-state index contributed by atoms with van der Waals surface area (Å²) in [6, 6.07) is 11.7. The summed E-state index contributed by atoms with van der Waals surface area (Å²) in [6.45, 7) is 3.05. The smallest absolute Gasteiger partial charge is 0.261 e. The van der Waals surface area contributed by atoms with E-state index in [9.17, 15) is 8.42 Å². The summed E-state index contributed by atoms with van der Waals surface area (Å²) in [5.41, 5.74) is 14.3. The Bertz CT molecular complexity index is 1590. The number of nitrogens with two attached hydrogens (primary N) is 2. The second-order valence-corrected chi connectivity index (χ2v) is 12.2. The standard InChI is InChI=1S/C26H34N12O2S/c27-17-11-18(28)15-38(14-17)26-34-24(33-25(35-26)32-20-7-9-29-10-8-20)31-19-3-5-22(6-4-19)41(39,40)37-21-2-1-16-13-30-36-23(16)12-21/h1-6,12-13,17-18,20,29,37H,7-11,14-15,27-28H2,(H,30,36)(H2,31,32,33,34,35)/t17-,18+. The number of benzene rings is 2. The summed E-state index contributed by atoms with van der Waals surface area (Å²) in [5.74, 6) is 1.29. The number of nitrogens with one attached hydrogen (secondary N) is 5. The van der Waals surface area contributed by atoms with Crippen LogP contribution >= 0.6 is 0 Å². The number of aromatic nitrogens is 5. The van der Waals surface area contributed by atoms with Gasteiger partial charge in [0.05, 0.1) is 22.3 Å². The van der Waals surface area contributed by atoms with Crippen molar-refractivity contribution in [1.29, 1.82) is 0 Å². The number of anilines is 5. The number of hydrogen-bond donors (Lipinski definition) is 7. The van der Waals surface area contributed by atoms with Gasteiger partial charge in [-0.2, -0.15) is 20.1 Å². The van der Waals surface area contributed by atoms with Crippen LogP contribution in [0.3, 0.4) is 0 Å². The van der Waals surface area contributed by atoms with Gasteiger partial charge >= 0.3 is 0 Å². The number of H-pyrrole nitrogens is 1. The monoisotopic (exact) mass is 578 g/mol. The predicted octanol–water partition coefficient (Wildman–Crippen LogP) is 1.32. The summed E-state index contributed by atoms with van der Waals surface area (Å²) in [6.07, 6.45) is 4.35. The van der Waals surface area contributed by atoms with E-state index in [-0.39, 0.29) is 23.0 Å².